The van der Waals surface area contributed by atoms with E-state index < -0.39 is 34.7 Å². The van der Waals surface area contributed by atoms with Crippen LogP contribution >= 0.6 is 0 Å². The number of aliphatic carboxylic acids is 4. The third kappa shape index (κ3) is 7.38. The first-order valence-electron chi connectivity index (χ1n) is 6.13. The zero-order chi connectivity index (χ0) is 15.6. The molecule has 0 aromatic rings. The summed E-state index contributed by atoms with van der Waals surface area (Å²) in [6.45, 7) is 0. The van der Waals surface area contributed by atoms with Gasteiger partial charge in [-0.25, -0.2) is 0 Å². The molecule has 0 amide bonds. The third-order valence-corrected chi connectivity index (χ3v) is 4.05. The van der Waals surface area contributed by atoms with E-state index in [9.17, 15) is 19.2 Å². The average molecular weight is 748 g/mol. The molecule has 2 aliphatic rings. The Hall–Kier alpha value is -0.903. The first-order valence-corrected chi connectivity index (χ1v) is 6.13. The van der Waals surface area contributed by atoms with Crippen LogP contribution in [0.4, 0.5) is 0 Å². The Bertz CT molecular complexity index is 402. The van der Waals surface area contributed by atoms with E-state index in [0.717, 1.165) is 0 Å². The van der Waals surface area contributed by atoms with Crippen LogP contribution < -0.4 is 24.6 Å². The van der Waals surface area contributed by atoms with Crippen molar-refractivity contribution >= 4 is 23.9 Å². The van der Waals surface area contributed by atoms with Crippen molar-refractivity contribution in [3.05, 3.63) is 0 Å². The number of hydrogen-bond acceptors (Lipinski definition) is 8. The molecular formula is C12H29N4O8Pt2+3. The van der Waals surface area contributed by atoms with Gasteiger partial charge < -0.3 is 45.0 Å². The van der Waals surface area contributed by atoms with Crippen molar-refractivity contribution in [2.45, 2.75) is 38.5 Å². The van der Waals surface area contributed by atoms with Gasteiger partial charge >= 0.3 is 46.4 Å². The Morgan fingerprint density at radius 2 is 0.731 bits per heavy atom. The number of carbonyl (C=O) groups is 4. The monoisotopic (exact) mass is 747 g/mol. The van der Waals surface area contributed by atoms with E-state index in [1.807, 2.05) is 0 Å². The number of rotatable bonds is 4. The van der Waals surface area contributed by atoms with Gasteiger partial charge in [0.1, 0.15) is 0 Å². The molecule has 26 heavy (non-hydrogen) atoms. The molecular weight excluding hydrogens is 718 g/mol. The first kappa shape index (κ1) is 40.0. The van der Waals surface area contributed by atoms with Crippen LogP contribution in [-0.2, 0) is 61.3 Å². The zero-order valence-corrected chi connectivity index (χ0v) is 18.7. The van der Waals surface area contributed by atoms with Crippen LogP contribution in [0.25, 0.3) is 0 Å². The maximum Gasteiger partial charge on any atom is 2.00 e. The van der Waals surface area contributed by atoms with E-state index in [4.69, 9.17) is 20.4 Å². The largest absolute Gasteiger partial charge is 2.00 e. The quantitative estimate of drug-likeness (QED) is 0.190. The second kappa shape index (κ2) is 15.2. The molecule has 0 radical (unpaired) electrons. The minimum Gasteiger partial charge on any atom is -0.480 e. The second-order valence-corrected chi connectivity index (χ2v) is 5.09. The van der Waals surface area contributed by atoms with Crippen molar-refractivity contribution in [1.29, 1.82) is 0 Å². The molecule has 0 spiro atoms. The van der Waals surface area contributed by atoms with Crippen molar-refractivity contribution in [3.63, 3.8) is 0 Å². The van der Waals surface area contributed by atoms with E-state index >= 15 is 0 Å². The average Bonchev–Trinajstić information content (AvgIpc) is 2.10. The first-order chi connectivity index (χ1) is 9.19. The van der Waals surface area contributed by atoms with E-state index in [1.165, 1.54) is 0 Å². The maximum atomic E-state index is 10.4. The zero-order valence-electron chi connectivity index (χ0n) is 15.1. The maximum absolute atomic E-state index is 10.4. The smallest absolute Gasteiger partial charge is 0.480 e. The van der Waals surface area contributed by atoms with Crippen molar-refractivity contribution in [1.82, 2.24) is 24.6 Å². The van der Waals surface area contributed by atoms with Crippen molar-refractivity contribution in [2.75, 3.05) is 0 Å². The summed E-state index contributed by atoms with van der Waals surface area (Å²) in [5.41, 5.74) is -2.89. The molecule has 0 saturated heterocycles. The minimum atomic E-state index is -1.44. The summed E-state index contributed by atoms with van der Waals surface area (Å²) >= 11 is 0. The van der Waals surface area contributed by atoms with Gasteiger partial charge in [0.25, 0.3) is 0 Å². The fourth-order valence-corrected chi connectivity index (χ4v) is 2.10. The fourth-order valence-electron chi connectivity index (χ4n) is 2.10. The topological polar surface area (TPSA) is 289 Å². The molecule has 2 aliphatic carbocycles. The van der Waals surface area contributed by atoms with E-state index in [-0.39, 0.29) is 93.8 Å². The predicted molar refractivity (Wildman–Crippen MR) is 84.3 cm³/mol. The Morgan fingerprint density at radius 1 is 0.577 bits per heavy atom. The minimum absolute atomic E-state index is 0. The van der Waals surface area contributed by atoms with E-state index in [2.05, 4.69) is 0 Å². The molecule has 16 N–H and O–H groups in total. The summed E-state index contributed by atoms with van der Waals surface area (Å²) in [4.78, 5) is 41.5. The SMILES string of the molecule is N.N.N.N.O=C(O)C1(C(=O)O)CCC1.O=C(O)C1(C(=O)O)CCC1.[H+].[Pt+2].[Pt]. The van der Waals surface area contributed by atoms with Gasteiger partial charge in [0.15, 0.2) is 10.8 Å². The molecule has 0 aromatic carbocycles. The summed E-state index contributed by atoms with van der Waals surface area (Å²) < 4.78 is 0. The van der Waals surface area contributed by atoms with Crippen LogP contribution in [0.1, 0.15) is 40.0 Å². The molecule has 2 saturated carbocycles. The number of carboxylic acid groups (broad SMARTS) is 4. The van der Waals surface area contributed by atoms with Gasteiger partial charge in [0, 0.05) is 21.1 Å². The van der Waals surface area contributed by atoms with E-state index in [1.54, 1.807) is 0 Å². The van der Waals surface area contributed by atoms with Crippen molar-refractivity contribution < 1.29 is 83.2 Å². The predicted octanol–water partition coefficient (Wildman–Crippen LogP) is 1.41. The third-order valence-electron chi connectivity index (χ3n) is 4.05. The molecule has 162 valence electrons. The summed E-state index contributed by atoms with van der Waals surface area (Å²) in [6, 6.07) is 0. The number of carboxylic acids is 4. The fraction of sp³-hybridized carbons (Fsp3) is 0.667. The van der Waals surface area contributed by atoms with Crippen LogP contribution in [0, 0.1) is 10.8 Å². The van der Waals surface area contributed by atoms with Crippen LogP contribution in [-0.4, -0.2) is 44.3 Å². The summed E-state index contributed by atoms with van der Waals surface area (Å²) in [7, 11) is 0. The molecule has 2 rings (SSSR count). The van der Waals surface area contributed by atoms with E-state index in [0.29, 0.717) is 12.8 Å². The molecule has 14 heteroatoms. The van der Waals surface area contributed by atoms with Gasteiger partial charge in [-0.15, -0.1) is 0 Å². The Balaban J connectivity index is -0.0000000471. The Labute approximate surface area is 180 Å². The van der Waals surface area contributed by atoms with Crippen LogP contribution in [0.15, 0.2) is 0 Å². The van der Waals surface area contributed by atoms with Gasteiger partial charge in [-0.1, -0.05) is 0 Å². The van der Waals surface area contributed by atoms with Gasteiger partial charge in [-0.3, -0.25) is 19.2 Å². The standard InChI is InChI=1S/2C6H8O4.4H3N.2Pt/c2*7-4(8)6(5(9)10)2-1-3-6;;;;;;/h2*1-3H2,(H,7,8)(H,9,10);4*1H3;;/q;;;;;;;+2/p+1. The summed E-state index contributed by atoms with van der Waals surface area (Å²) in [5.74, 6) is -4.81. The summed E-state index contributed by atoms with van der Waals surface area (Å²) in [5, 5.41) is 33.9. The van der Waals surface area contributed by atoms with Crippen molar-refractivity contribution in [2.24, 2.45) is 10.8 Å². The van der Waals surface area contributed by atoms with Crippen LogP contribution in [0.3, 0.4) is 0 Å². The molecule has 0 aromatic heterocycles. The van der Waals surface area contributed by atoms with Gasteiger partial charge in [-0.2, -0.15) is 0 Å². The molecule has 0 heterocycles. The summed E-state index contributed by atoms with van der Waals surface area (Å²) in [6.07, 6.45) is 2.52. The molecule has 0 aliphatic heterocycles. The molecule has 0 bridgehead atoms. The van der Waals surface area contributed by atoms with Crippen molar-refractivity contribution in [3.8, 4) is 0 Å². The molecule has 0 atom stereocenters. The van der Waals surface area contributed by atoms with Crippen LogP contribution in [0.2, 0.25) is 0 Å². The van der Waals surface area contributed by atoms with Gasteiger partial charge in [-0.05, 0) is 38.5 Å². The molecule has 2 fully saturated rings. The second-order valence-electron chi connectivity index (χ2n) is 5.09. The van der Waals surface area contributed by atoms with Crippen LogP contribution in [0.5, 0.6) is 0 Å². The van der Waals surface area contributed by atoms with Gasteiger partial charge in [0.2, 0.25) is 0 Å². The molecule has 12 nitrogen and oxygen atoms in total. The Kier molecular flexibility index (Phi) is 23.3. The Morgan fingerprint density at radius 3 is 0.731 bits per heavy atom. The number of hydrogen-bond donors (Lipinski definition) is 8. The normalized spacial score (nSPS) is 16.3. The van der Waals surface area contributed by atoms with Gasteiger partial charge in [0.05, 0.1) is 0 Å². The molecule has 0 unspecified atom stereocenters.